The summed E-state index contributed by atoms with van der Waals surface area (Å²) in [6.07, 6.45) is 3.78. The fourth-order valence-corrected chi connectivity index (χ4v) is 3.12. The van der Waals surface area contributed by atoms with Gasteiger partial charge in [-0.05, 0) is 42.2 Å². The van der Waals surface area contributed by atoms with Gasteiger partial charge in [0.05, 0.1) is 0 Å². The summed E-state index contributed by atoms with van der Waals surface area (Å²) in [5, 5.41) is 1.44. The largest absolute Gasteiger partial charge is 0.358 e. The van der Waals surface area contributed by atoms with Crippen LogP contribution in [0.5, 0.6) is 0 Å². The van der Waals surface area contributed by atoms with Crippen molar-refractivity contribution in [1.82, 2.24) is 4.98 Å². The normalized spacial score (nSPS) is 20.5. The summed E-state index contributed by atoms with van der Waals surface area (Å²) in [6.45, 7) is 7.10. The lowest BCUT2D eigenvalue weighted by atomic mass is 9.72. The van der Waals surface area contributed by atoms with Crippen LogP contribution in [0.2, 0.25) is 0 Å². The van der Waals surface area contributed by atoms with Crippen LogP contribution in [0.15, 0.2) is 24.3 Å². The smallest absolute Gasteiger partial charge is 0.0458 e. The number of hydrogen-bond acceptors (Lipinski definition) is 0. The fourth-order valence-electron chi connectivity index (χ4n) is 3.12. The third-order valence-electron chi connectivity index (χ3n) is 4.32. The third-order valence-corrected chi connectivity index (χ3v) is 4.32. The average Bonchev–Trinajstić information content (AvgIpc) is 2.65. The molecule has 2 aromatic rings. The number of hydrogen-bond donors (Lipinski definition) is 1. The maximum Gasteiger partial charge on any atom is 0.0458 e. The van der Waals surface area contributed by atoms with Crippen LogP contribution in [-0.2, 0) is 12.8 Å². The molecule has 0 saturated carbocycles. The molecular weight excluding hydrogens is 206 g/mol. The van der Waals surface area contributed by atoms with E-state index in [9.17, 15) is 0 Å². The number of nitrogens with one attached hydrogen (secondary N) is 1. The summed E-state index contributed by atoms with van der Waals surface area (Å²) in [5.41, 5.74) is 4.79. The minimum atomic E-state index is 0.426. The topological polar surface area (TPSA) is 15.8 Å². The maximum absolute atomic E-state index is 3.62. The van der Waals surface area contributed by atoms with E-state index in [0.29, 0.717) is 5.41 Å². The van der Waals surface area contributed by atoms with Crippen LogP contribution in [0.1, 0.15) is 38.4 Å². The molecule has 1 aliphatic rings. The molecule has 0 saturated heterocycles. The van der Waals surface area contributed by atoms with Gasteiger partial charge in [-0.3, -0.25) is 0 Å². The van der Waals surface area contributed by atoms with Crippen LogP contribution in [0.3, 0.4) is 0 Å². The summed E-state index contributed by atoms with van der Waals surface area (Å²) in [6, 6.07) is 8.71. The van der Waals surface area contributed by atoms with E-state index in [1.54, 1.807) is 5.56 Å². The van der Waals surface area contributed by atoms with Crippen molar-refractivity contribution >= 4 is 10.9 Å². The summed E-state index contributed by atoms with van der Waals surface area (Å²) in [5.74, 6) is 0.808. The molecular formula is C16H21N. The minimum absolute atomic E-state index is 0.426. The Labute approximate surface area is 103 Å². The molecule has 1 nitrogen and oxygen atoms in total. The van der Waals surface area contributed by atoms with Gasteiger partial charge < -0.3 is 4.98 Å². The van der Waals surface area contributed by atoms with Crippen molar-refractivity contribution in [2.45, 2.75) is 40.0 Å². The van der Waals surface area contributed by atoms with Crippen LogP contribution < -0.4 is 0 Å². The van der Waals surface area contributed by atoms with E-state index < -0.39 is 0 Å². The van der Waals surface area contributed by atoms with Crippen molar-refractivity contribution in [3.05, 3.63) is 35.5 Å². The van der Waals surface area contributed by atoms with Gasteiger partial charge in [-0.1, -0.05) is 39.0 Å². The van der Waals surface area contributed by atoms with E-state index in [4.69, 9.17) is 0 Å². The van der Waals surface area contributed by atoms with E-state index in [0.717, 1.165) is 5.92 Å². The van der Waals surface area contributed by atoms with Crippen molar-refractivity contribution in [3.63, 3.8) is 0 Å². The predicted octanol–water partition coefficient (Wildman–Crippen LogP) is 4.32. The van der Waals surface area contributed by atoms with Gasteiger partial charge in [0.25, 0.3) is 0 Å². The number of aromatic amines is 1. The Morgan fingerprint density at radius 3 is 2.71 bits per heavy atom. The second-order valence-electron chi connectivity index (χ2n) is 6.43. The molecule has 1 aromatic heterocycles. The zero-order valence-electron chi connectivity index (χ0n) is 11.0. The molecule has 0 amide bonds. The number of aromatic nitrogens is 1. The quantitative estimate of drug-likeness (QED) is 0.690. The molecule has 1 unspecified atom stereocenters. The van der Waals surface area contributed by atoms with Crippen molar-refractivity contribution in [1.29, 1.82) is 0 Å². The highest BCUT2D eigenvalue weighted by atomic mass is 14.7. The lowest BCUT2D eigenvalue weighted by molar-refractivity contribution is 0.215. The highest BCUT2D eigenvalue weighted by Crippen LogP contribution is 2.39. The molecule has 0 radical (unpaired) electrons. The Balaban J connectivity index is 2.04. The van der Waals surface area contributed by atoms with Crippen LogP contribution in [-0.4, -0.2) is 4.98 Å². The third kappa shape index (κ3) is 1.78. The summed E-state index contributed by atoms with van der Waals surface area (Å²) in [4.78, 5) is 3.62. The van der Waals surface area contributed by atoms with Gasteiger partial charge in [0.2, 0.25) is 0 Å². The van der Waals surface area contributed by atoms with Gasteiger partial charge in [-0.15, -0.1) is 0 Å². The SMILES string of the molecule is CC(C)(C)C1CCc2c([nH]c3ccccc23)C1. The summed E-state index contributed by atoms with van der Waals surface area (Å²) < 4.78 is 0. The Bertz CT molecular complexity index is 542. The Hall–Kier alpha value is -1.24. The first-order chi connectivity index (χ1) is 8.05. The second-order valence-corrected chi connectivity index (χ2v) is 6.43. The second kappa shape index (κ2) is 3.63. The summed E-state index contributed by atoms with van der Waals surface area (Å²) >= 11 is 0. The van der Waals surface area contributed by atoms with Gasteiger partial charge in [0.1, 0.15) is 0 Å². The molecule has 1 atom stereocenters. The molecule has 90 valence electrons. The molecule has 0 spiro atoms. The first kappa shape index (κ1) is 10.9. The standard InChI is InChI=1S/C16H21N/c1-16(2,3)11-8-9-13-12-6-4-5-7-14(12)17-15(13)10-11/h4-7,11,17H,8-10H2,1-3H3. The number of rotatable bonds is 0. The highest BCUT2D eigenvalue weighted by Gasteiger charge is 2.30. The van der Waals surface area contributed by atoms with Crippen molar-refractivity contribution in [3.8, 4) is 0 Å². The number of para-hydroxylation sites is 1. The lowest BCUT2D eigenvalue weighted by Crippen LogP contribution is -2.26. The molecule has 1 heterocycles. The molecule has 0 bridgehead atoms. The van der Waals surface area contributed by atoms with Gasteiger partial charge >= 0.3 is 0 Å². The van der Waals surface area contributed by atoms with Crippen molar-refractivity contribution in [2.24, 2.45) is 11.3 Å². The van der Waals surface area contributed by atoms with E-state index in [1.807, 2.05) is 0 Å². The van der Waals surface area contributed by atoms with E-state index >= 15 is 0 Å². The first-order valence-corrected chi connectivity index (χ1v) is 6.64. The Morgan fingerprint density at radius 2 is 1.94 bits per heavy atom. The van der Waals surface area contributed by atoms with E-state index in [2.05, 4.69) is 50.0 Å². The minimum Gasteiger partial charge on any atom is -0.358 e. The molecule has 0 fully saturated rings. The Kier molecular flexibility index (Phi) is 2.32. The van der Waals surface area contributed by atoms with E-state index in [1.165, 1.54) is 35.9 Å². The molecule has 1 aromatic carbocycles. The van der Waals surface area contributed by atoms with Crippen LogP contribution in [0.25, 0.3) is 10.9 Å². The van der Waals surface area contributed by atoms with Crippen LogP contribution in [0, 0.1) is 11.3 Å². The monoisotopic (exact) mass is 227 g/mol. The number of benzene rings is 1. The lowest BCUT2D eigenvalue weighted by Gasteiger charge is -2.33. The van der Waals surface area contributed by atoms with Gasteiger partial charge in [0.15, 0.2) is 0 Å². The Morgan fingerprint density at radius 1 is 1.18 bits per heavy atom. The maximum atomic E-state index is 3.62. The number of H-pyrrole nitrogens is 1. The fraction of sp³-hybridized carbons (Fsp3) is 0.500. The molecule has 1 aliphatic carbocycles. The van der Waals surface area contributed by atoms with E-state index in [-0.39, 0.29) is 0 Å². The molecule has 0 aliphatic heterocycles. The number of fused-ring (bicyclic) bond motifs is 3. The predicted molar refractivity (Wildman–Crippen MR) is 73.3 cm³/mol. The van der Waals surface area contributed by atoms with Crippen LogP contribution >= 0.6 is 0 Å². The van der Waals surface area contributed by atoms with Crippen molar-refractivity contribution in [2.75, 3.05) is 0 Å². The van der Waals surface area contributed by atoms with Crippen molar-refractivity contribution < 1.29 is 0 Å². The van der Waals surface area contributed by atoms with Gasteiger partial charge in [-0.2, -0.15) is 0 Å². The number of aryl methyl sites for hydroxylation is 1. The van der Waals surface area contributed by atoms with Gasteiger partial charge in [0, 0.05) is 16.6 Å². The summed E-state index contributed by atoms with van der Waals surface area (Å²) in [7, 11) is 0. The molecule has 1 heteroatoms. The average molecular weight is 227 g/mol. The van der Waals surface area contributed by atoms with Crippen LogP contribution in [0.4, 0.5) is 0 Å². The molecule has 17 heavy (non-hydrogen) atoms. The highest BCUT2D eigenvalue weighted by molar-refractivity contribution is 5.84. The zero-order chi connectivity index (χ0) is 12.0. The zero-order valence-corrected chi connectivity index (χ0v) is 11.0. The molecule has 3 rings (SSSR count). The molecule has 1 N–H and O–H groups in total. The first-order valence-electron chi connectivity index (χ1n) is 6.64. The van der Waals surface area contributed by atoms with Gasteiger partial charge in [-0.25, -0.2) is 0 Å².